The van der Waals surface area contributed by atoms with Gasteiger partial charge in [0.1, 0.15) is 0 Å². The molecule has 42 valence electrons. The third-order valence-corrected chi connectivity index (χ3v) is 0.267. The van der Waals surface area contributed by atoms with Crippen molar-refractivity contribution in [3.05, 3.63) is 0 Å². The van der Waals surface area contributed by atoms with E-state index in [2.05, 4.69) is 0 Å². The minimum atomic E-state index is 0. The van der Waals surface area contributed by atoms with Gasteiger partial charge in [-0.3, -0.25) is 0 Å². The van der Waals surface area contributed by atoms with Crippen LogP contribution >= 0.6 is 0 Å². The van der Waals surface area contributed by atoms with Gasteiger partial charge in [-0.1, -0.05) is 10.5 Å². The summed E-state index contributed by atoms with van der Waals surface area (Å²) in [5.41, 5.74) is 0. The maximum Gasteiger partial charge on any atom is 0 e. The molecule has 0 fully saturated rings. The molecule has 0 heterocycles. The van der Waals surface area contributed by atoms with Crippen molar-refractivity contribution in [2.45, 2.75) is 0 Å². The SMILES string of the molecule is NN(N)N(N)N.[Zn].[Zn]. The van der Waals surface area contributed by atoms with Gasteiger partial charge >= 0.3 is 0 Å². The predicted octanol–water partition coefficient (Wildman–Crippen LogP) is -3.00. The Hall–Kier alpha value is 1.01. The van der Waals surface area contributed by atoms with Crippen molar-refractivity contribution < 1.29 is 39.0 Å². The van der Waals surface area contributed by atoms with E-state index in [1.807, 2.05) is 0 Å². The van der Waals surface area contributed by atoms with Gasteiger partial charge in [-0.05, 0) is 0 Å². The summed E-state index contributed by atoms with van der Waals surface area (Å²) >= 11 is 0. The van der Waals surface area contributed by atoms with Crippen LogP contribution in [0.15, 0.2) is 0 Å². The van der Waals surface area contributed by atoms with E-state index < -0.39 is 0 Å². The molecule has 0 radical (unpaired) electrons. The average Bonchev–Trinajstić information content (AvgIpc) is 1.36. The summed E-state index contributed by atoms with van der Waals surface area (Å²) in [7, 11) is 0. The Bertz CT molecular complexity index is 27.5. The molecule has 0 amide bonds. The Morgan fingerprint density at radius 1 is 0.625 bits per heavy atom. The van der Waals surface area contributed by atoms with Gasteiger partial charge in [-0.2, -0.15) is 0 Å². The van der Waals surface area contributed by atoms with Gasteiger partial charge in [0.2, 0.25) is 0 Å². The Balaban J connectivity index is -0.000000125. The summed E-state index contributed by atoms with van der Waals surface area (Å²) in [6.07, 6.45) is 0. The van der Waals surface area contributed by atoms with E-state index in [1.54, 1.807) is 0 Å². The van der Waals surface area contributed by atoms with Crippen molar-refractivity contribution >= 4 is 0 Å². The molecule has 0 rings (SSSR count). The largest absolute Gasteiger partial charge is 0.238 e. The summed E-state index contributed by atoms with van der Waals surface area (Å²) in [5, 5.41) is 1.11. The second-order valence-electron chi connectivity index (χ2n) is 0.760. The number of nitrogens with two attached hydrogens (primary N) is 4. The number of rotatable bonds is 1. The Kier molecular flexibility index (Phi) is 16.0. The van der Waals surface area contributed by atoms with E-state index in [0.29, 0.717) is 10.5 Å². The molecule has 0 aliphatic carbocycles. The molecule has 0 unspecified atom stereocenters. The van der Waals surface area contributed by atoms with E-state index >= 15 is 0 Å². The summed E-state index contributed by atoms with van der Waals surface area (Å²) < 4.78 is 0. The molecule has 0 atom stereocenters. The fourth-order valence-electron chi connectivity index (χ4n) is 0. The molecule has 0 aromatic heterocycles. The number of hydrogen-bond donors (Lipinski definition) is 4. The first kappa shape index (κ1) is 16.0. The third-order valence-electron chi connectivity index (χ3n) is 0.267. The van der Waals surface area contributed by atoms with Gasteiger partial charge in [0.15, 0.2) is 0 Å². The van der Waals surface area contributed by atoms with Gasteiger partial charge < -0.3 is 0 Å². The zero-order valence-corrected chi connectivity index (χ0v) is 10.6. The fraction of sp³-hybridized carbons (Fsp3) is 0. The van der Waals surface area contributed by atoms with Crippen LogP contribution in [0.2, 0.25) is 0 Å². The monoisotopic (exact) mass is 220 g/mol. The first-order chi connectivity index (χ1) is 2.64. The van der Waals surface area contributed by atoms with Crippen molar-refractivity contribution in [2.24, 2.45) is 23.4 Å². The molecule has 0 saturated heterocycles. The van der Waals surface area contributed by atoms with E-state index in [9.17, 15) is 0 Å². The predicted molar refractivity (Wildman–Crippen MR) is 20.4 cm³/mol. The first-order valence-corrected chi connectivity index (χ1v) is 1.23. The quantitative estimate of drug-likeness (QED) is 0.214. The first-order valence-electron chi connectivity index (χ1n) is 1.23. The van der Waals surface area contributed by atoms with Crippen molar-refractivity contribution in [3.63, 3.8) is 0 Å². The topological polar surface area (TPSA) is 111 Å². The van der Waals surface area contributed by atoms with E-state index in [4.69, 9.17) is 23.4 Å². The van der Waals surface area contributed by atoms with E-state index in [1.165, 1.54) is 0 Å². The van der Waals surface area contributed by atoms with E-state index in [-0.39, 0.29) is 39.0 Å². The Labute approximate surface area is 72.9 Å². The summed E-state index contributed by atoms with van der Waals surface area (Å²) in [4.78, 5) is 0. The van der Waals surface area contributed by atoms with Crippen LogP contribution in [-0.4, -0.2) is 10.5 Å². The van der Waals surface area contributed by atoms with Crippen LogP contribution in [0.4, 0.5) is 0 Å². The van der Waals surface area contributed by atoms with Gasteiger partial charge in [-0.25, -0.2) is 23.4 Å². The van der Waals surface area contributed by atoms with Crippen molar-refractivity contribution in [3.8, 4) is 0 Å². The molecule has 8 N–H and O–H groups in total. The normalized spacial score (nSPS) is 8.25. The molecule has 0 bridgehead atoms. The Morgan fingerprint density at radius 2 is 0.750 bits per heavy atom. The molecule has 0 spiro atoms. The zero-order valence-electron chi connectivity index (χ0n) is 4.62. The number of hydrogen-bond acceptors (Lipinski definition) is 6. The maximum atomic E-state index is 4.72. The van der Waals surface area contributed by atoms with Crippen LogP contribution < -0.4 is 23.4 Å². The smallest absolute Gasteiger partial charge is 0 e. The van der Waals surface area contributed by atoms with Gasteiger partial charge in [0.25, 0.3) is 0 Å². The van der Waals surface area contributed by atoms with Crippen LogP contribution in [0.5, 0.6) is 0 Å². The van der Waals surface area contributed by atoms with Crippen LogP contribution in [0, 0.1) is 0 Å². The molecule has 0 aliphatic rings. The second-order valence-corrected chi connectivity index (χ2v) is 0.760. The van der Waals surface area contributed by atoms with Crippen LogP contribution in [0.3, 0.4) is 0 Å². The van der Waals surface area contributed by atoms with Gasteiger partial charge in [0, 0.05) is 39.0 Å². The van der Waals surface area contributed by atoms with Crippen molar-refractivity contribution in [1.82, 2.24) is 10.5 Å². The second kappa shape index (κ2) is 8.01. The van der Waals surface area contributed by atoms with Crippen molar-refractivity contribution in [2.75, 3.05) is 0 Å². The molecule has 0 aliphatic heterocycles. The summed E-state index contributed by atoms with van der Waals surface area (Å²) in [5.74, 6) is 18.9. The van der Waals surface area contributed by atoms with Gasteiger partial charge in [0.05, 0.1) is 0 Å². The summed E-state index contributed by atoms with van der Waals surface area (Å²) in [6.45, 7) is 0. The van der Waals surface area contributed by atoms with Crippen LogP contribution in [0.25, 0.3) is 0 Å². The molecule has 0 saturated carbocycles. The molecular formula is H8N6Zn2. The minimum Gasteiger partial charge on any atom is -0.238 e. The number of nitrogens with zero attached hydrogens (tertiary/aromatic N) is 2. The van der Waals surface area contributed by atoms with Crippen molar-refractivity contribution in [1.29, 1.82) is 0 Å². The maximum absolute atomic E-state index is 4.72. The number of hydrazine groups is 5. The minimum absolute atomic E-state index is 0. The van der Waals surface area contributed by atoms with E-state index in [0.717, 1.165) is 0 Å². The Morgan fingerprint density at radius 3 is 0.750 bits per heavy atom. The molecule has 8 heteroatoms. The third kappa shape index (κ3) is 10.1. The zero-order chi connectivity index (χ0) is 5.15. The fourth-order valence-corrected chi connectivity index (χ4v) is 0. The summed E-state index contributed by atoms with van der Waals surface area (Å²) in [6, 6.07) is 0. The molecule has 0 aromatic rings. The standard InChI is InChI=1S/H8N6.2Zn/c1-5(2)6(3)4;;/h1-4H2;;. The van der Waals surface area contributed by atoms with Crippen LogP contribution in [0.1, 0.15) is 0 Å². The molecule has 8 heavy (non-hydrogen) atoms. The average molecular weight is 223 g/mol. The van der Waals surface area contributed by atoms with Crippen LogP contribution in [-0.2, 0) is 39.0 Å². The molecule has 6 nitrogen and oxygen atoms in total. The molecule has 0 aromatic carbocycles. The van der Waals surface area contributed by atoms with Gasteiger partial charge in [-0.15, -0.1) is 0 Å². The molecular weight excluding hydrogens is 215 g/mol.